The fraction of sp³-hybridized carbons (Fsp3) is 0.390. The van der Waals surface area contributed by atoms with Crippen LogP contribution in [0.1, 0.15) is 70.7 Å². The summed E-state index contributed by atoms with van der Waals surface area (Å²) in [6.07, 6.45) is 1.86. The number of thiazole rings is 1. The first-order valence-corrected chi connectivity index (χ1v) is 20.4. The minimum Gasteiger partial charge on any atom is -0.490 e. The highest BCUT2D eigenvalue weighted by atomic mass is 35.5. The zero-order valence-electron chi connectivity index (χ0n) is 31.9. The average Bonchev–Trinajstić information content (AvgIpc) is 3.88. The molecule has 3 heterocycles. The van der Waals surface area contributed by atoms with Crippen molar-refractivity contribution in [1.82, 2.24) is 15.3 Å². The molecule has 1 aliphatic heterocycles. The first kappa shape index (κ1) is 42.0. The van der Waals surface area contributed by atoms with Gasteiger partial charge in [0.25, 0.3) is 0 Å². The fourth-order valence-electron chi connectivity index (χ4n) is 5.84. The third-order valence-corrected chi connectivity index (χ3v) is 10.8. The van der Waals surface area contributed by atoms with Crippen LogP contribution in [0.4, 0.5) is 5.82 Å². The Morgan fingerprint density at radius 2 is 1.62 bits per heavy atom. The molecule has 1 saturated heterocycles. The maximum absolute atomic E-state index is 12.5. The highest BCUT2D eigenvalue weighted by Gasteiger charge is 2.27. The Labute approximate surface area is 340 Å². The summed E-state index contributed by atoms with van der Waals surface area (Å²) >= 11 is 9.00. The maximum atomic E-state index is 12.5. The molecule has 5 rings (SSSR count). The van der Waals surface area contributed by atoms with Gasteiger partial charge in [0.05, 0.1) is 17.7 Å². The summed E-state index contributed by atoms with van der Waals surface area (Å²) in [6.45, 7) is 9.83. The van der Waals surface area contributed by atoms with Crippen LogP contribution in [-0.2, 0) is 29.6 Å². The molecule has 0 radical (unpaired) electrons. The van der Waals surface area contributed by atoms with E-state index in [-0.39, 0.29) is 19.6 Å². The minimum absolute atomic E-state index is 0.0409. The normalized spacial score (nSPS) is 13.6. The lowest BCUT2D eigenvalue weighted by atomic mass is 9.96. The Kier molecular flexibility index (Phi) is 14.4. The summed E-state index contributed by atoms with van der Waals surface area (Å²) in [5.74, 6) is -0.776. The Bertz CT molecular complexity index is 2120. The average molecular weight is 815 g/mol. The SMILES string of the molecule is C[C@H](CC(=O)OC(C)(C)C)C(=O)N[C@@H](C)C(=O)OCCOc1ccc(-c2c(C#N)c(SCc3csc(-c4ccc(Cl)cc4)n3)nc(N3CCCC3)c2C#N)cc1. The van der Waals surface area contributed by atoms with Gasteiger partial charge in [-0.05, 0) is 70.4 Å². The van der Waals surface area contributed by atoms with Gasteiger partial charge in [-0.1, -0.05) is 54.6 Å². The van der Waals surface area contributed by atoms with Crippen LogP contribution in [0.5, 0.6) is 5.75 Å². The molecule has 2 atom stereocenters. The van der Waals surface area contributed by atoms with E-state index < -0.39 is 35.4 Å². The smallest absolute Gasteiger partial charge is 0.328 e. The number of aromatic nitrogens is 2. The quantitative estimate of drug-likeness (QED) is 0.0700. The number of carbonyl (C=O) groups excluding carboxylic acids is 3. The van der Waals surface area contributed by atoms with Crippen molar-refractivity contribution in [3.8, 4) is 39.6 Å². The maximum Gasteiger partial charge on any atom is 0.328 e. The Balaban J connectivity index is 1.23. The van der Waals surface area contributed by atoms with Crippen LogP contribution < -0.4 is 15.0 Å². The van der Waals surface area contributed by atoms with Crippen molar-refractivity contribution in [3.63, 3.8) is 0 Å². The molecule has 12 nitrogen and oxygen atoms in total. The summed E-state index contributed by atoms with van der Waals surface area (Å²) in [6, 6.07) is 18.3. The molecule has 292 valence electrons. The van der Waals surface area contributed by atoms with Gasteiger partial charge in [-0.25, -0.2) is 14.8 Å². The number of hydrogen-bond donors (Lipinski definition) is 1. The summed E-state index contributed by atoms with van der Waals surface area (Å²) in [5, 5.41) is 27.5. The molecule has 4 aromatic rings. The third-order valence-electron chi connectivity index (χ3n) is 8.57. The van der Waals surface area contributed by atoms with E-state index in [9.17, 15) is 24.9 Å². The number of thioether (sulfide) groups is 1. The monoisotopic (exact) mass is 814 g/mol. The predicted molar refractivity (Wildman–Crippen MR) is 216 cm³/mol. The second-order valence-electron chi connectivity index (χ2n) is 14.2. The molecule has 56 heavy (non-hydrogen) atoms. The van der Waals surface area contributed by atoms with Gasteiger partial charge in [-0.3, -0.25) is 9.59 Å². The van der Waals surface area contributed by atoms with Crippen molar-refractivity contribution in [1.29, 1.82) is 10.5 Å². The molecule has 15 heteroatoms. The Hall–Kier alpha value is -5.15. The van der Waals surface area contributed by atoms with Gasteiger partial charge in [0.15, 0.2) is 0 Å². The molecule has 2 aromatic carbocycles. The Morgan fingerprint density at radius 3 is 2.27 bits per heavy atom. The lowest BCUT2D eigenvalue weighted by Crippen LogP contribution is -2.43. The molecule has 1 aliphatic rings. The van der Waals surface area contributed by atoms with Gasteiger partial charge in [-0.2, -0.15) is 10.5 Å². The highest BCUT2D eigenvalue weighted by Crippen LogP contribution is 2.40. The van der Waals surface area contributed by atoms with E-state index in [1.165, 1.54) is 30.0 Å². The molecule has 1 amide bonds. The molecule has 2 aromatic heterocycles. The van der Waals surface area contributed by atoms with E-state index in [1.54, 1.807) is 52.0 Å². The number of pyridine rings is 1. The van der Waals surface area contributed by atoms with Gasteiger partial charge in [0, 0.05) is 46.3 Å². The van der Waals surface area contributed by atoms with Crippen molar-refractivity contribution in [2.75, 3.05) is 31.2 Å². The summed E-state index contributed by atoms with van der Waals surface area (Å²) < 4.78 is 16.4. The van der Waals surface area contributed by atoms with E-state index in [1.807, 2.05) is 29.6 Å². The van der Waals surface area contributed by atoms with E-state index in [4.69, 9.17) is 35.8 Å². The molecular formula is C41H43ClN6O6S2. The van der Waals surface area contributed by atoms with E-state index in [0.29, 0.717) is 49.6 Å². The van der Waals surface area contributed by atoms with Gasteiger partial charge < -0.3 is 24.4 Å². The van der Waals surface area contributed by atoms with Gasteiger partial charge >= 0.3 is 11.9 Å². The summed E-state index contributed by atoms with van der Waals surface area (Å²) in [5.41, 5.74) is 2.97. The number of ether oxygens (including phenoxy) is 3. The number of amides is 1. The van der Waals surface area contributed by atoms with Crippen molar-refractivity contribution >= 4 is 58.4 Å². The first-order valence-electron chi connectivity index (χ1n) is 18.1. The molecule has 0 spiro atoms. The van der Waals surface area contributed by atoms with Crippen LogP contribution in [0.15, 0.2) is 58.9 Å². The molecule has 0 aliphatic carbocycles. The third kappa shape index (κ3) is 11.2. The van der Waals surface area contributed by atoms with Crippen LogP contribution in [0, 0.1) is 28.6 Å². The lowest BCUT2D eigenvalue weighted by Gasteiger charge is -2.22. The number of nitrogens with zero attached hydrogens (tertiary/aromatic N) is 5. The minimum atomic E-state index is -0.936. The fourth-order valence-corrected chi connectivity index (χ4v) is 7.77. The number of anilines is 1. The van der Waals surface area contributed by atoms with Crippen LogP contribution >= 0.6 is 34.7 Å². The van der Waals surface area contributed by atoms with Gasteiger partial charge in [0.1, 0.15) is 64.2 Å². The number of rotatable bonds is 15. The highest BCUT2D eigenvalue weighted by molar-refractivity contribution is 7.98. The number of halogens is 1. The summed E-state index contributed by atoms with van der Waals surface area (Å²) in [7, 11) is 0. The van der Waals surface area contributed by atoms with E-state index in [0.717, 1.165) is 42.2 Å². The lowest BCUT2D eigenvalue weighted by molar-refractivity contribution is -0.157. The Morgan fingerprint density at radius 1 is 0.964 bits per heavy atom. The molecule has 0 bridgehead atoms. The number of esters is 2. The second kappa shape index (κ2) is 19.1. The number of nitrogens with one attached hydrogen (secondary N) is 1. The van der Waals surface area contributed by atoms with Crippen molar-refractivity contribution in [3.05, 3.63) is 75.8 Å². The number of nitriles is 2. The number of benzene rings is 2. The molecule has 0 saturated carbocycles. The van der Waals surface area contributed by atoms with E-state index >= 15 is 0 Å². The number of carbonyl (C=O) groups is 3. The first-order chi connectivity index (χ1) is 26.8. The van der Waals surface area contributed by atoms with E-state index in [2.05, 4.69) is 22.4 Å². The van der Waals surface area contributed by atoms with Gasteiger partial charge in [-0.15, -0.1) is 11.3 Å². The number of hydrogen-bond acceptors (Lipinski definition) is 13. The molecular weight excluding hydrogens is 772 g/mol. The largest absolute Gasteiger partial charge is 0.490 e. The molecule has 1 N–H and O–H groups in total. The van der Waals surface area contributed by atoms with Crippen LogP contribution in [0.25, 0.3) is 21.7 Å². The van der Waals surface area contributed by atoms with Crippen molar-refractivity contribution in [2.45, 2.75) is 76.3 Å². The topological polar surface area (TPSA) is 168 Å². The standard InChI is InChI=1S/C41H43ClN6O6S2/c1-25(20-34(49)54-41(3,4)5)37(50)45-26(2)40(51)53-19-18-52-31-14-10-27(11-15-31)35-32(21-43)36(48-16-6-7-17-48)47-39(33(35)22-44)56-24-30-23-55-38(46-30)28-8-12-29(42)13-9-28/h8-15,23,25-26H,6-7,16-20,24H2,1-5H3,(H,45,50)/t25-,26+/m1/s1. The second-order valence-corrected chi connectivity index (χ2v) is 16.4. The van der Waals surface area contributed by atoms with Crippen molar-refractivity contribution in [2.24, 2.45) is 5.92 Å². The zero-order valence-corrected chi connectivity index (χ0v) is 34.3. The predicted octanol–water partition coefficient (Wildman–Crippen LogP) is 7.96. The van der Waals surface area contributed by atoms with Crippen molar-refractivity contribution < 1.29 is 28.6 Å². The molecule has 1 fully saturated rings. The summed E-state index contributed by atoms with van der Waals surface area (Å²) in [4.78, 5) is 49.0. The van der Waals surface area contributed by atoms with Gasteiger partial charge in [0.2, 0.25) is 5.91 Å². The molecule has 0 unspecified atom stereocenters. The zero-order chi connectivity index (χ0) is 40.4. The van der Waals surface area contributed by atoms with Crippen LogP contribution in [-0.4, -0.2) is 65.8 Å². The van der Waals surface area contributed by atoms with Crippen LogP contribution in [0.3, 0.4) is 0 Å². The van der Waals surface area contributed by atoms with Crippen LogP contribution in [0.2, 0.25) is 5.02 Å².